The summed E-state index contributed by atoms with van der Waals surface area (Å²) in [5.41, 5.74) is 1.01. The van der Waals surface area contributed by atoms with Crippen LogP contribution < -0.4 is 10.6 Å². The molecular formula is C18H25N5O5. The zero-order valence-corrected chi connectivity index (χ0v) is 16.7. The maximum atomic E-state index is 12.5. The number of nitrogens with zero attached hydrogens (tertiary/aromatic N) is 3. The summed E-state index contributed by atoms with van der Waals surface area (Å²) in [5, 5.41) is 9.56. The number of hydrogen-bond donors (Lipinski definition) is 2. The van der Waals surface area contributed by atoms with E-state index in [-0.39, 0.29) is 5.92 Å². The highest BCUT2D eigenvalue weighted by molar-refractivity contribution is 6.09. The van der Waals surface area contributed by atoms with E-state index >= 15 is 0 Å². The molecular weight excluding hydrogens is 366 g/mol. The molecule has 0 unspecified atom stereocenters. The molecule has 10 nitrogen and oxygen atoms in total. The van der Waals surface area contributed by atoms with Crippen LogP contribution in [0.25, 0.3) is 0 Å². The van der Waals surface area contributed by atoms with Crippen LogP contribution in [-0.4, -0.2) is 56.7 Å². The van der Waals surface area contributed by atoms with E-state index in [4.69, 9.17) is 4.74 Å². The molecule has 2 N–H and O–H groups in total. The minimum atomic E-state index is -1.10. The molecule has 2 fully saturated rings. The summed E-state index contributed by atoms with van der Waals surface area (Å²) in [4.78, 5) is 50.0. The summed E-state index contributed by atoms with van der Waals surface area (Å²) >= 11 is 0. The van der Waals surface area contributed by atoms with Gasteiger partial charge in [0.05, 0.1) is 17.1 Å². The summed E-state index contributed by atoms with van der Waals surface area (Å²) in [6, 6.07) is -0.616. The van der Waals surface area contributed by atoms with Crippen molar-refractivity contribution in [2.24, 2.45) is 13.0 Å². The van der Waals surface area contributed by atoms with E-state index in [9.17, 15) is 19.2 Å². The van der Waals surface area contributed by atoms with Gasteiger partial charge < -0.3 is 15.4 Å². The minimum absolute atomic E-state index is 0.0978. The summed E-state index contributed by atoms with van der Waals surface area (Å²) in [7, 11) is 1.76. The van der Waals surface area contributed by atoms with Crippen LogP contribution >= 0.6 is 0 Å². The quantitative estimate of drug-likeness (QED) is 0.542. The first-order valence-electron chi connectivity index (χ1n) is 9.19. The van der Waals surface area contributed by atoms with Crippen LogP contribution in [0.2, 0.25) is 0 Å². The van der Waals surface area contributed by atoms with Gasteiger partial charge in [-0.25, -0.2) is 4.79 Å². The van der Waals surface area contributed by atoms with Gasteiger partial charge >= 0.3 is 12.0 Å². The third kappa shape index (κ3) is 3.46. The molecule has 10 heteroatoms. The zero-order chi connectivity index (χ0) is 20.8. The molecule has 2 aliphatic rings. The Balaban J connectivity index is 1.57. The largest absolute Gasteiger partial charge is 0.451 e. The van der Waals surface area contributed by atoms with Crippen molar-refractivity contribution < 1.29 is 23.9 Å². The number of carbonyl (C=O) groups excluding carboxylic acids is 4. The molecule has 152 valence electrons. The molecule has 0 radical (unpaired) electrons. The van der Waals surface area contributed by atoms with Gasteiger partial charge in [-0.3, -0.25) is 24.0 Å². The van der Waals surface area contributed by atoms with Crippen LogP contribution in [0.15, 0.2) is 0 Å². The van der Waals surface area contributed by atoms with E-state index in [1.807, 2.05) is 0 Å². The van der Waals surface area contributed by atoms with E-state index in [1.165, 1.54) is 6.92 Å². The maximum absolute atomic E-state index is 12.5. The van der Waals surface area contributed by atoms with Gasteiger partial charge in [0.25, 0.3) is 11.8 Å². The van der Waals surface area contributed by atoms with Crippen LogP contribution in [0.1, 0.15) is 38.1 Å². The van der Waals surface area contributed by atoms with E-state index in [2.05, 4.69) is 15.7 Å². The normalized spacial score (nSPS) is 22.8. The monoisotopic (exact) mass is 391 g/mol. The fourth-order valence-electron chi connectivity index (χ4n) is 3.39. The molecule has 1 aromatic rings. The average molecular weight is 391 g/mol. The van der Waals surface area contributed by atoms with E-state index in [0.29, 0.717) is 11.4 Å². The van der Waals surface area contributed by atoms with Crippen molar-refractivity contribution in [3.05, 3.63) is 11.4 Å². The fourth-order valence-corrected chi connectivity index (χ4v) is 3.39. The van der Waals surface area contributed by atoms with Crippen LogP contribution in [0, 0.1) is 19.8 Å². The van der Waals surface area contributed by atoms with Crippen LogP contribution in [-0.2, 0) is 26.2 Å². The number of carbonyl (C=O) groups is 4. The highest BCUT2D eigenvalue weighted by Crippen LogP contribution is 2.42. The van der Waals surface area contributed by atoms with Crippen LogP contribution in [0.5, 0.6) is 0 Å². The second kappa shape index (κ2) is 6.92. The van der Waals surface area contributed by atoms with Crippen molar-refractivity contribution in [3.63, 3.8) is 0 Å². The zero-order valence-electron chi connectivity index (χ0n) is 16.7. The molecule has 0 aromatic carbocycles. The molecule has 1 saturated carbocycles. The summed E-state index contributed by atoms with van der Waals surface area (Å²) in [6.07, 6.45) is 0.637. The number of imide groups is 1. The first-order valence-corrected chi connectivity index (χ1v) is 9.19. The average Bonchev–Trinajstić information content (AvgIpc) is 3.41. The van der Waals surface area contributed by atoms with E-state index < -0.39 is 42.0 Å². The Kier molecular flexibility index (Phi) is 4.90. The maximum Gasteiger partial charge on any atom is 0.327 e. The highest BCUT2D eigenvalue weighted by Gasteiger charge is 2.56. The summed E-state index contributed by atoms with van der Waals surface area (Å²) < 4.78 is 6.76. The van der Waals surface area contributed by atoms with Crippen molar-refractivity contribution in [1.82, 2.24) is 20.0 Å². The van der Waals surface area contributed by atoms with Crippen LogP contribution in [0.4, 0.5) is 10.5 Å². The molecule has 4 amide bonds. The Hall–Kier alpha value is -2.91. The second-order valence-electron chi connectivity index (χ2n) is 7.59. The Morgan fingerprint density at radius 3 is 2.54 bits per heavy atom. The van der Waals surface area contributed by atoms with Gasteiger partial charge in [-0.15, -0.1) is 0 Å². The SMILES string of the molecule is Cc1nn(C)c(C)c1NC(=O)[C@@H](C)OC(=O)CN1C(=O)N[C@](C)(C2CC2)C1=O. The Morgan fingerprint density at radius 2 is 2.00 bits per heavy atom. The van der Waals surface area contributed by atoms with Gasteiger partial charge in [0.2, 0.25) is 0 Å². The van der Waals surface area contributed by atoms with Crippen molar-refractivity contribution in [2.45, 2.75) is 52.2 Å². The minimum Gasteiger partial charge on any atom is -0.451 e. The Labute approximate surface area is 162 Å². The van der Waals surface area contributed by atoms with Crippen molar-refractivity contribution >= 4 is 29.5 Å². The summed E-state index contributed by atoms with van der Waals surface area (Å²) in [5.74, 6) is -1.69. The molecule has 1 saturated heterocycles. The smallest absolute Gasteiger partial charge is 0.327 e. The molecule has 2 atom stereocenters. The number of ether oxygens (including phenoxy) is 1. The first-order chi connectivity index (χ1) is 13.0. The molecule has 1 aliphatic heterocycles. The number of esters is 1. The van der Waals surface area contributed by atoms with Gasteiger partial charge in [0.15, 0.2) is 6.10 Å². The lowest BCUT2D eigenvalue weighted by molar-refractivity contribution is -0.155. The molecule has 28 heavy (non-hydrogen) atoms. The number of urea groups is 1. The van der Waals surface area contributed by atoms with E-state index in [1.54, 1.807) is 32.5 Å². The first kappa shape index (κ1) is 19.8. The molecule has 0 bridgehead atoms. The standard InChI is InChI=1S/C18H25N5O5/c1-9-14(10(2)22(5)21-9)19-15(25)11(3)28-13(24)8-23-16(26)18(4,12-6-7-12)20-17(23)27/h11-12H,6-8H2,1-5H3,(H,19,25)(H,20,27)/t11-,18-/m1/s1. The van der Waals surface area contributed by atoms with Crippen molar-refractivity contribution in [2.75, 3.05) is 11.9 Å². The lowest BCUT2D eigenvalue weighted by Gasteiger charge is -2.21. The number of aryl methyl sites for hydroxylation is 2. The third-order valence-corrected chi connectivity index (χ3v) is 5.42. The van der Waals surface area contributed by atoms with Gasteiger partial charge in [-0.2, -0.15) is 5.10 Å². The van der Waals surface area contributed by atoms with Gasteiger partial charge in [0.1, 0.15) is 12.1 Å². The third-order valence-electron chi connectivity index (χ3n) is 5.42. The molecule has 2 heterocycles. The Bertz CT molecular complexity index is 859. The number of nitrogens with one attached hydrogen (secondary N) is 2. The van der Waals surface area contributed by atoms with E-state index in [0.717, 1.165) is 23.4 Å². The number of anilines is 1. The topological polar surface area (TPSA) is 123 Å². The van der Waals surface area contributed by atoms with Gasteiger partial charge in [0, 0.05) is 7.05 Å². The molecule has 3 rings (SSSR count). The van der Waals surface area contributed by atoms with Crippen molar-refractivity contribution in [1.29, 1.82) is 0 Å². The van der Waals surface area contributed by atoms with Gasteiger partial charge in [-0.05, 0) is 46.5 Å². The highest BCUT2D eigenvalue weighted by atomic mass is 16.5. The molecule has 1 aliphatic carbocycles. The number of rotatable bonds is 6. The Morgan fingerprint density at radius 1 is 1.36 bits per heavy atom. The molecule has 0 spiro atoms. The van der Waals surface area contributed by atoms with Crippen LogP contribution in [0.3, 0.4) is 0 Å². The predicted octanol–water partition coefficient (Wildman–Crippen LogP) is 0.628. The number of hydrogen-bond acceptors (Lipinski definition) is 6. The fraction of sp³-hybridized carbons (Fsp3) is 0.611. The van der Waals surface area contributed by atoms with Crippen molar-refractivity contribution in [3.8, 4) is 0 Å². The van der Waals surface area contributed by atoms with Gasteiger partial charge in [-0.1, -0.05) is 0 Å². The lowest BCUT2D eigenvalue weighted by atomic mass is 9.96. The molecule has 1 aromatic heterocycles. The predicted molar refractivity (Wildman–Crippen MR) is 98.2 cm³/mol. The number of amides is 4. The summed E-state index contributed by atoms with van der Waals surface area (Å²) in [6.45, 7) is 6.13. The lowest BCUT2D eigenvalue weighted by Crippen LogP contribution is -2.46. The number of aromatic nitrogens is 2. The second-order valence-corrected chi connectivity index (χ2v) is 7.59.